The van der Waals surface area contributed by atoms with Crippen molar-refractivity contribution in [1.82, 2.24) is 29.5 Å². The molecule has 3 heterocycles. The maximum absolute atomic E-state index is 14.7. The molecule has 15 heteroatoms. The number of β-amino-alcohol motifs (C(OH)–C–C–N with tert-alkyl or cyclic N) is 1. The summed E-state index contributed by atoms with van der Waals surface area (Å²) < 4.78 is 29.7. The van der Waals surface area contributed by atoms with Gasteiger partial charge in [-0.1, -0.05) is 35.3 Å². The number of hydrogen-bond donors (Lipinski definition) is 1. The summed E-state index contributed by atoms with van der Waals surface area (Å²) in [6.45, 7) is 2.42. The van der Waals surface area contributed by atoms with Crippen molar-refractivity contribution in [2.24, 2.45) is 0 Å². The Labute approximate surface area is 272 Å². The number of piperazine rings is 1. The lowest BCUT2D eigenvalue weighted by Gasteiger charge is -2.39. The highest BCUT2D eigenvalue weighted by molar-refractivity contribution is 8.18. The molecule has 0 radical (unpaired) electrons. The van der Waals surface area contributed by atoms with Gasteiger partial charge in [-0.05, 0) is 48.0 Å². The van der Waals surface area contributed by atoms with Crippen LogP contribution in [-0.4, -0.2) is 97.3 Å². The Hall–Kier alpha value is -3.20. The zero-order chi connectivity index (χ0) is 32.1. The summed E-state index contributed by atoms with van der Waals surface area (Å²) in [5.41, 5.74) is -1.17. The Balaban J connectivity index is 1.09. The number of nitrogens with zero attached hydrogens (tertiary/aromatic N) is 6. The Morgan fingerprint density at radius 1 is 1.04 bits per heavy atom. The van der Waals surface area contributed by atoms with Gasteiger partial charge in [0.15, 0.2) is 0 Å². The predicted molar refractivity (Wildman–Crippen MR) is 167 cm³/mol. The molecule has 2 aromatic carbocycles. The van der Waals surface area contributed by atoms with Crippen LogP contribution in [0.15, 0.2) is 54.0 Å². The van der Waals surface area contributed by atoms with E-state index in [0.717, 1.165) is 28.8 Å². The first-order valence-electron chi connectivity index (χ1n) is 14.2. The van der Waals surface area contributed by atoms with Gasteiger partial charge in [0.2, 0.25) is 0 Å². The molecule has 1 atom stereocenters. The topological polar surface area (TPSA) is 112 Å². The van der Waals surface area contributed by atoms with Gasteiger partial charge < -0.3 is 5.11 Å². The van der Waals surface area contributed by atoms with Gasteiger partial charge in [-0.2, -0.15) is 5.10 Å². The van der Waals surface area contributed by atoms with Crippen molar-refractivity contribution in [1.29, 1.82) is 0 Å². The van der Waals surface area contributed by atoms with Crippen molar-refractivity contribution >= 4 is 58.0 Å². The van der Waals surface area contributed by atoms with Gasteiger partial charge in [0.1, 0.15) is 35.7 Å². The van der Waals surface area contributed by atoms with Crippen LogP contribution in [0.3, 0.4) is 0 Å². The average Bonchev–Trinajstić information content (AvgIpc) is 3.58. The van der Waals surface area contributed by atoms with E-state index in [0.29, 0.717) is 48.2 Å². The fourth-order valence-electron chi connectivity index (χ4n) is 5.36. The number of Topliss-reactive ketones (excluding diaryl/α,β-unsaturated/α-hetero) is 1. The standard InChI is InChI=1S/C30H30Cl2F2N6O4S/c31-21-4-3-20(25(32)13-21)12-27-28(42)40(29(43)45-27)7-1-2-23(41)15-37-8-10-38(11-9-37)16-30(44,17-39-19-35-18-36-39)24-6-5-22(33)14-26(24)34/h3-6,12-14,18-19,44H,1-2,7-11,15-17H2. The van der Waals surface area contributed by atoms with Crippen LogP contribution in [0.1, 0.15) is 24.0 Å². The number of ketones is 1. The number of carbonyl (C=O) groups is 3. The minimum Gasteiger partial charge on any atom is -0.382 e. The van der Waals surface area contributed by atoms with Crippen LogP contribution in [0.2, 0.25) is 10.0 Å². The molecule has 10 nitrogen and oxygen atoms in total. The summed E-state index contributed by atoms with van der Waals surface area (Å²) in [6.07, 6.45) is 4.82. The van der Waals surface area contributed by atoms with E-state index in [2.05, 4.69) is 10.1 Å². The quantitative estimate of drug-likeness (QED) is 0.278. The molecule has 238 valence electrons. The van der Waals surface area contributed by atoms with E-state index in [9.17, 15) is 28.3 Å². The summed E-state index contributed by atoms with van der Waals surface area (Å²) in [5, 5.41) is 16.1. The average molecular weight is 680 g/mol. The van der Waals surface area contributed by atoms with Crippen LogP contribution in [0, 0.1) is 11.6 Å². The first-order chi connectivity index (χ1) is 21.5. The van der Waals surface area contributed by atoms with Crippen molar-refractivity contribution in [3.8, 4) is 0 Å². The number of amides is 2. The lowest BCUT2D eigenvalue weighted by Crippen LogP contribution is -2.53. The van der Waals surface area contributed by atoms with E-state index in [4.69, 9.17) is 23.2 Å². The second-order valence-electron chi connectivity index (χ2n) is 10.9. The Kier molecular flexibility index (Phi) is 10.7. The van der Waals surface area contributed by atoms with Crippen LogP contribution < -0.4 is 0 Å². The lowest BCUT2D eigenvalue weighted by molar-refractivity contribution is -0.124. The van der Waals surface area contributed by atoms with Crippen LogP contribution in [-0.2, 0) is 21.7 Å². The number of imide groups is 1. The number of thioether (sulfide) groups is 1. The SMILES string of the molecule is O=C(CCCN1C(=O)SC(=Cc2ccc(Cl)cc2Cl)C1=O)CN1CCN(CC(O)(Cn2cncn2)c2ccc(F)cc2F)CC1. The van der Waals surface area contributed by atoms with E-state index in [1.165, 1.54) is 23.4 Å². The van der Waals surface area contributed by atoms with Gasteiger partial charge in [-0.15, -0.1) is 0 Å². The number of aromatic nitrogens is 3. The van der Waals surface area contributed by atoms with Crippen molar-refractivity contribution in [3.63, 3.8) is 0 Å². The number of benzene rings is 2. The Morgan fingerprint density at radius 3 is 2.49 bits per heavy atom. The molecule has 3 aromatic rings. The molecule has 45 heavy (non-hydrogen) atoms. The van der Waals surface area contributed by atoms with Gasteiger partial charge in [-0.25, -0.2) is 18.4 Å². The highest BCUT2D eigenvalue weighted by Crippen LogP contribution is 2.34. The third kappa shape index (κ3) is 8.34. The minimum absolute atomic E-state index is 0.0185. The van der Waals surface area contributed by atoms with Crippen LogP contribution >= 0.6 is 35.0 Å². The fraction of sp³-hybridized carbons (Fsp3) is 0.367. The van der Waals surface area contributed by atoms with Gasteiger partial charge in [0, 0.05) is 67.4 Å². The molecule has 0 aliphatic carbocycles. The first-order valence-corrected chi connectivity index (χ1v) is 15.8. The minimum atomic E-state index is -1.71. The van der Waals surface area contributed by atoms with Crippen molar-refractivity contribution in [3.05, 3.63) is 86.8 Å². The van der Waals surface area contributed by atoms with Crippen LogP contribution in [0.25, 0.3) is 6.08 Å². The third-order valence-electron chi connectivity index (χ3n) is 7.63. The van der Waals surface area contributed by atoms with E-state index in [1.54, 1.807) is 24.3 Å². The molecule has 0 bridgehead atoms. The number of halogens is 4. The number of aliphatic hydroxyl groups is 1. The Bertz CT molecular complexity index is 1600. The largest absolute Gasteiger partial charge is 0.382 e. The molecule has 1 unspecified atom stereocenters. The lowest BCUT2D eigenvalue weighted by atomic mass is 9.92. The van der Waals surface area contributed by atoms with Crippen LogP contribution in [0.4, 0.5) is 13.6 Å². The summed E-state index contributed by atoms with van der Waals surface area (Å²) in [4.78, 5) is 47.3. The van der Waals surface area contributed by atoms with E-state index < -0.39 is 28.4 Å². The maximum Gasteiger partial charge on any atom is 0.293 e. The zero-order valence-electron chi connectivity index (χ0n) is 24.0. The van der Waals surface area contributed by atoms with E-state index >= 15 is 0 Å². The normalized spacial score (nSPS) is 18.6. The number of hydrogen-bond acceptors (Lipinski definition) is 9. The second-order valence-corrected chi connectivity index (χ2v) is 12.8. The van der Waals surface area contributed by atoms with Gasteiger partial charge in [0.25, 0.3) is 11.1 Å². The Morgan fingerprint density at radius 2 is 1.80 bits per heavy atom. The van der Waals surface area contributed by atoms with Gasteiger partial charge >= 0.3 is 0 Å². The molecule has 0 saturated carbocycles. The molecule has 2 amide bonds. The van der Waals surface area contributed by atoms with Gasteiger partial charge in [0.05, 0.1) is 18.0 Å². The first kappa shape index (κ1) is 33.2. The molecule has 2 aliphatic heterocycles. The molecule has 1 aromatic heterocycles. The van der Waals surface area contributed by atoms with E-state index in [1.807, 2.05) is 9.80 Å². The molecule has 2 aliphatic rings. The zero-order valence-corrected chi connectivity index (χ0v) is 26.4. The molecule has 0 spiro atoms. The summed E-state index contributed by atoms with van der Waals surface area (Å²) in [7, 11) is 0. The van der Waals surface area contributed by atoms with Crippen molar-refractivity contribution < 1.29 is 28.3 Å². The van der Waals surface area contributed by atoms with Crippen LogP contribution in [0.5, 0.6) is 0 Å². The molecule has 2 fully saturated rings. The van der Waals surface area contributed by atoms with Crippen molar-refractivity contribution in [2.75, 3.05) is 45.8 Å². The molecule has 1 N–H and O–H groups in total. The molecular weight excluding hydrogens is 649 g/mol. The van der Waals surface area contributed by atoms with Crippen molar-refractivity contribution in [2.45, 2.75) is 25.0 Å². The molecule has 2 saturated heterocycles. The summed E-state index contributed by atoms with van der Waals surface area (Å²) >= 11 is 12.9. The number of carbonyl (C=O) groups excluding carboxylic acids is 3. The molecule has 5 rings (SSSR count). The summed E-state index contributed by atoms with van der Waals surface area (Å²) in [6, 6.07) is 7.96. The maximum atomic E-state index is 14.7. The highest BCUT2D eigenvalue weighted by Gasteiger charge is 2.37. The molecular formula is C30H30Cl2F2N6O4S. The number of rotatable bonds is 12. The fourth-order valence-corrected chi connectivity index (χ4v) is 6.68. The predicted octanol–water partition coefficient (Wildman–Crippen LogP) is 4.45. The highest BCUT2D eigenvalue weighted by atomic mass is 35.5. The smallest absolute Gasteiger partial charge is 0.293 e. The second kappa shape index (κ2) is 14.5. The third-order valence-corrected chi connectivity index (χ3v) is 9.10. The monoisotopic (exact) mass is 678 g/mol. The van der Waals surface area contributed by atoms with Gasteiger partial charge in [-0.3, -0.25) is 29.1 Å². The van der Waals surface area contributed by atoms with E-state index in [-0.39, 0.29) is 48.9 Å². The summed E-state index contributed by atoms with van der Waals surface area (Å²) in [5.74, 6) is -2.04.